The van der Waals surface area contributed by atoms with Crippen LogP contribution in [0, 0.1) is 12.8 Å². The number of amides is 3. The maximum Gasteiger partial charge on any atom is 0.239 e. The van der Waals surface area contributed by atoms with Crippen LogP contribution in [0.25, 0.3) is 0 Å². The molecule has 1 saturated carbocycles. The van der Waals surface area contributed by atoms with Gasteiger partial charge in [0.2, 0.25) is 17.7 Å². The zero-order valence-electron chi connectivity index (χ0n) is 22.7. The van der Waals surface area contributed by atoms with Crippen molar-refractivity contribution < 1.29 is 28.7 Å². The van der Waals surface area contributed by atoms with Gasteiger partial charge in [0.25, 0.3) is 0 Å². The molecule has 2 atom stereocenters. The highest BCUT2D eigenvalue weighted by molar-refractivity contribution is 5.95. The van der Waals surface area contributed by atoms with E-state index >= 15 is 0 Å². The summed E-state index contributed by atoms with van der Waals surface area (Å²) in [6.45, 7) is 2.00. The second-order valence-corrected chi connectivity index (χ2v) is 9.88. The molecule has 0 bridgehead atoms. The Morgan fingerprint density at radius 3 is 2.15 bits per heavy atom. The lowest BCUT2D eigenvalue weighted by Gasteiger charge is -2.20. The van der Waals surface area contributed by atoms with E-state index in [-0.39, 0.29) is 30.7 Å². The molecule has 0 spiro atoms. The first-order chi connectivity index (χ1) is 18.9. The molecule has 2 unspecified atom stereocenters. The monoisotopic (exact) mass is 537 g/mol. The summed E-state index contributed by atoms with van der Waals surface area (Å²) in [4.78, 5) is 48.8. The summed E-state index contributed by atoms with van der Waals surface area (Å²) in [5.41, 5.74) is 2.18. The zero-order valence-corrected chi connectivity index (χ0v) is 22.7. The van der Waals surface area contributed by atoms with E-state index in [0.29, 0.717) is 13.0 Å². The van der Waals surface area contributed by atoms with Crippen LogP contribution in [0.3, 0.4) is 0 Å². The topological polar surface area (TPSA) is 126 Å². The molecule has 9 nitrogen and oxygen atoms in total. The lowest BCUT2D eigenvalue weighted by Crippen LogP contribution is -2.49. The molecule has 210 valence electrons. The lowest BCUT2D eigenvalue weighted by molar-refractivity contribution is -0.130. The van der Waals surface area contributed by atoms with Gasteiger partial charge < -0.3 is 25.4 Å². The average Bonchev–Trinajstić information content (AvgIpc) is 3.82. The highest BCUT2D eigenvalue weighted by Gasteiger charge is 2.37. The molecule has 3 N–H and O–H groups in total. The van der Waals surface area contributed by atoms with Crippen molar-refractivity contribution in [2.45, 2.75) is 57.6 Å². The number of rotatable bonds is 11. The number of nitrogens with one attached hydrogen (secondary N) is 3. The molecule has 1 aliphatic carbocycles. The molecular weight excluding hydrogens is 498 g/mol. The van der Waals surface area contributed by atoms with Crippen molar-refractivity contribution >= 4 is 23.5 Å². The van der Waals surface area contributed by atoms with Gasteiger partial charge in [-0.1, -0.05) is 67.3 Å². The largest absolute Gasteiger partial charge is 0.497 e. The Morgan fingerprint density at radius 2 is 1.54 bits per heavy atom. The van der Waals surface area contributed by atoms with Gasteiger partial charge in [-0.3, -0.25) is 19.2 Å². The van der Waals surface area contributed by atoms with Crippen LogP contribution in [0.4, 0.5) is 0 Å². The molecule has 0 aromatic heterocycles. The summed E-state index contributed by atoms with van der Waals surface area (Å²) in [6, 6.07) is 16.6. The number of ether oxygens (including phenoxy) is 2. The van der Waals surface area contributed by atoms with E-state index in [4.69, 9.17) is 9.47 Å². The van der Waals surface area contributed by atoms with E-state index in [0.717, 1.165) is 43.4 Å². The number of methoxy groups -OCH3 is 1. The third kappa shape index (κ3) is 10.9. The van der Waals surface area contributed by atoms with Gasteiger partial charge in [0.05, 0.1) is 32.8 Å². The number of epoxide rings is 1. The predicted octanol–water partition coefficient (Wildman–Crippen LogP) is 2.50. The normalized spacial score (nSPS) is 17.0. The van der Waals surface area contributed by atoms with Crippen molar-refractivity contribution in [3.05, 3.63) is 65.7 Å². The molecule has 3 amide bonds. The highest BCUT2D eigenvalue weighted by Crippen LogP contribution is 2.23. The number of Topliss-reactive ketones (excluding diaryl/α,β-unsaturated/α-hetero) is 1. The van der Waals surface area contributed by atoms with Crippen molar-refractivity contribution in [2.24, 2.45) is 5.92 Å². The Bertz CT molecular complexity index is 1080. The van der Waals surface area contributed by atoms with Crippen LogP contribution in [0.5, 0.6) is 5.75 Å². The summed E-state index contributed by atoms with van der Waals surface area (Å²) >= 11 is 0. The third-order valence-corrected chi connectivity index (χ3v) is 6.71. The Labute approximate surface area is 230 Å². The number of benzene rings is 2. The first kappa shape index (κ1) is 29.8. The first-order valence-electron chi connectivity index (χ1n) is 13.5. The fraction of sp³-hybridized carbons (Fsp3) is 0.467. The van der Waals surface area contributed by atoms with Gasteiger partial charge in [0.15, 0.2) is 5.78 Å². The van der Waals surface area contributed by atoms with Crippen LogP contribution in [0.1, 0.15) is 43.2 Å². The number of hydrogen-bond donors (Lipinski definition) is 3. The molecule has 4 rings (SSSR count). The molecule has 2 aromatic rings. The van der Waals surface area contributed by atoms with Crippen molar-refractivity contribution in [1.82, 2.24) is 16.0 Å². The van der Waals surface area contributed by atoms with Gasteiger partial charge in [0, 0.05) is 5.92 Å². The molecule has 9 heteroatoms. The molecule has 2 aromatic carbocycles. The molecule has 1 heterocycles. The predicted molar refractivity (Wildman–Crippen MR) is 147 cm³/mol. The average molecular weight is 538 g/mol. The van der Waals surface area contributed by atoms with Crippen LogP contribution in [-0.4, -0.2) is 62.5 Å². The Hall–Kier alpha value is -3.72. The van der Waals surface area contributed by atoms with Crippen molar-refractivity contribution in [1.29, 1.82) is 0 Å². The van der Waals surface area contributed by atoms with Gasteiger partial charge in [-0.25, -0.2) is 0 Å². The van der Waals surface area contributed by atoms with E-state index in [1.807, 2.05) is 54.6 Å². The number of carbonyl (C=O) groups is 4. The minimum atomic E-state index is -0.713. The Kier molecular flexibility index (Phi) is 12.0. The van der Waals surface area contributed by atoms with Crippen molar-refractivity contribution in [3.8, 4) is 5.75 Å². The number of hydrogen-bond acceptors (Lipinski definition) is 6. The minimum Gasteiger partial charge on any atom is -0.497 e. The second kappa shape index (κ2) is 15.6. The van der Waals surface area contributed by atoms with E-state index in [1.165, 1.54) is 5.56 Å². The van der Waals surface area contributed by atoms with Crippen LogP contribution in [-0.2, 0) is 30.3 Å². The van der Waals surface area contributed by atoms with Gasteiger partial charge in [-0.05, 0) is 43.9 Å². The number of carbonyl (C=O) groups excluding carboxylic acids is 4. The first-order valence-corrected chi connectivity index (χ1v) is 13.5. The molecule has 1 aliphatic heterocycles. The minimum absolute atomic E-state index is 0.0238. The Balaban J connectivity index is 0.000000395. The third-order valence-electron chi connectivity index (χ3n) is 6.71. The van der Waals surface area contributed by atoms with Gasteiger partial charge in [-0.15, -0.1) is 0 Å². The van der Waals surface area contributed by atoms with E-state index in [9.17, 15) is 19.2 Å². The SMILES string of the molecule is COc1ccc(C)cc1.O=C(CNC(=O)C1CCCCC1)NCC(=O)NC(Cc1ccccc1)C(=O)C1CO1. The van der Waals surface area contributed by atoms with Crippen molar-refractivity contribution in [2.75, 3.05) is 26.8 Å². The quantitative estimate of drug-likeness (QED) is 0.378. The zero-order chi connectivity index (χ0) is 28.0. The summed E-state index contributed by atoms with van der Waals surface area (Å²) in [6.07, 6.45) is 4.84. The van der Waals surface area contributed by atoms with Gasteiger partial charge in [-0.2, -0.15) is 0 Å². The van der Waals surface area contributed by atoms with E-state index in [2.05, 4.69) is 22.9 Å². The number of ketones is 1. The summed E-state index contributed by atoms with van der Waals surface area (Å²) in [5, 5.41) is 7.81. The van der Waals surface area contributed by atoms with Gasteiger partial charge >= 0.3 is 0 Å². The summed E-state index contributed by atoms with van der Waals surface area (Å²) in [5.74, 6) is -0.280. The molecule has 39 heavy (non-hydrogen) atoms. The van der Waals surface area contributed by atoms with Crippen molar-refractivity contribution in [3.63, 3.8) is 0 Å². The van der Waals surface area contributed by atoms with Crippen LogP contribution in [0.15, 0.2) is 54.6 Å². The Morgan fingerprint density at radius 1 is 0.897 bits per heavy atom. The standard InChI is InChI=1S/C22H29N3O5.C8H10O/c26-19(12-24-22(29)16-9-5-2-6-10-16)23-13-20(27)25-17(21(28)18-14-30-18)11-15-7-3-1-4-8-15;1-7-3-5-8(9-2)6-4-7/h1,3-4,7-8,16-18H,2,5-6,9-14H2,(H,23,26)(H,24,29)(H,25,27);3-6H,1-2H3. The molecule has 2 fully saturated rings. The van der Waals surface area contributed by atoms with Crippen LogP contribution in [0.2, 0.25) is 0 Å². The molecule has 2 aliphatic rings. The fourth-order valence-corrected chi connectivity index (χ4v) is 4.35. The van der Waals surface area contributed by atoms with E-state index < -0.39 is 24.0 Å². The maximum atomic E-state index is 12.4. The van der Waals surface area contributed by atoms with Gasteiger partial charge in [0.1, 0.15) is 11.9 Å². The van der Waals surface area contributed by atoms with Crippen LogP contribution < -0.4 is 20.7 Å². The maximum absolute atomic E-state index is 12.4. The molecule has 0 radical (unpaired) electrons. The fourth-order valence-electron chi connectivity index (χ4n) is 4.35. The summed E-state index contributed by atoms with van der Waals surface area (Å²) in [7, 11) is 1.67. The summed E-state index contributed by atoms with van der Waals surface area (Å²) < 4.78 is 10.0. The van der Waals surface area contributed by atoms with E-state index in [1.54, 1.807) is 7.11 Å². The molecular formula is C30H39N3O6. The lowest BCUT2D eigenvalue weighted by atomic mass is 9.89. The number of aryl methyl sites for hydroxylation is 1. The van der Waals surface area contributed by atoms with Crippen LogP contribution >= 0.6 is 0 Å². The smallest absolute Gasteiger partial charge is 0.239 e. The molecule has 1 saturated heterocycles. The second-order valence-electron chi connectivity index (χ2n) is 9.88. The highest BCUT2D eigenvalue weighted by atomic mass is 16.6.